The molecule has 2 N–H and O–H groups in total. The third-order valence-electron chi connectivity index (χ3n) is 4.19. The molecule has 27 heavy (non-hydrogen) atoms. The first-order valence-electron chi connectivity index (χ1n) is 7.99. The number of aromatic nitrogens is 3. The summed E-state index contributed by atoms with van der Waals surface area (Å²) < 4.78 is 1.45. The predicted molar refractivity (Wildman–Crippen MR) is 101 cm³/mol. The average Bonchev–Trinajstić information content (AvgIpc) is 3.18. The number of carboxylic acids is 1. The third-order valence-corrected chi connectivity index (χ3v) is 4.95. The highest BCUT2D eigenvalue weighted by molar-refractivity contribution is 7.09. The monoisotopic (exact) mass is 379 g/mol. The van der Waals surface area contributed by atoms with E-state index in [0.29, 0.717) is 21.7 Å². The van der Waals surface area contributed by atoms with Crippen molar-refractivity contribution in [2.45, 2.75) is 6.54 Å². The highest BCUT2D eigenvalue weighted by Crippen LogP contribution is 2.30. The summed E-state index contributed by atoms with van der Waals surface area (Å²) in [7, 11) is 0. The maximum absolute atomic E-state index is 13.2. The molecule has 0 fully saturated rings. The SMILES string of the molecule is O=C(O)c1ncc2c(cc(-c3ccccc3)c(=O)n2Cc2nccs2)c1O. The van der Waals surface area contributed by atoms with E-state index >= 15 is 0 Å². The molecule has 8 heteroatoms. The second-order valence-electron chi connectivity index (χ2n) is 5.80. The van der Waals surface area contributed by atoms with Gasteiger partial charge in [-0.2, -0.15) is 0 Å². The molecule has 4 rings (SSSR count). The highest BCUT2D eigenvalue weighted by atomic mass is 32.1. The molecule has 134 valence electrons. The summed E-state index contributed by atoms with van der Waals surface area (Å²) in [6.07, 6.45) is 2.94. The molecule has 0 spiro atoms. The van der Waals surface area contributed by atoms with E-state index in [1.807, 2.05) is 11.4 Å². The smallest absolute Gasteiger partial charge is 0.358 e. The van der Waals surface area contributed by atoms with Crippen molar-refractivity contribution in [1.82, 2.24) is 14.5 Å². The van der Waals surface area contributed by atoms with Crippen LogP contribution in [0.2, 0.25) is 0 Å². The van der Waals surface area contributed by atoms with Gasteiger partial charge in [0.15, 0.2) is 11.4 Å². The Morgan fingerprint density at radius 1 is 1.19 bits per heavy atom. The van der Waals surface area contributed by atoms with Gasteiger partial charge < -0.3 is 10.2 Å². The molecule has 0 aliphatic carbocycles. The zero-order chi connectivity index (χ0) is 19.0. The van der Waals surface area contributed by atoms with Crippen LogP contribution < -0.4 is 5.56 Å². The minimum atomic E-state index is -1.34. The van der Waals surface area contributed by atoms with Gasteiger partial charge in [0.25, 0.3) is 5.56 Å². The van der Waals surface area contributed by atoms with Crippen molar-refractivity contribution in [1.29, 1.82) is 0 Å². The molecule has 0 aliphatic rings. The molecule has 3 aromatic heterocycles. The number of aromatic hydroxyl groups is 1. The Kier molecular flexibility index (Phi) is 4.17. The van der Waals surface area contributed by atoms with Crippen LogP contribution in [0.15, 0.2) is 59.0 Å². The number of carbonyl (C=O) groups is 1. The minimum absolute atomic E-state index is 0.196. The standard InChI is InChI=1S/C19H13N3O4S/c23-17-13-8-12(11-4-2-1-3-5-11)18(24)22(10-15-20-6-7-27-15)14(13)9-21-16(17)19(25)26/h1-9,23H,10H2,(H,25,26). The van der Waals surface area contributed by atoms with Crippen molar-refractivity contribution in [3.05, 3.63) is 75.2 Å². The largest absolute Gasteiger partial charge is 0.505 e. The predicted octanol–water partition coefficient (Wildman–Crippen LogP) is 2.97. The van der Waals surface area contributed by atoms with Crippen LogP contribution >= 0.6 is 11.3 Å². The van der Waals surface area contributed by atoms with Gasteiger partial charge in [-0.25, -0.2) is 14.8 Å². The van der Waals surface area contributed by atoms with Gasteiger partial charge in [-0.3, -0.25) is 9.36 Å². The van der Waals surface area contributed by atoms with E-state index in [1.165, 1.54) is 28.2 Å². The quantitative estimate of drug-likeness (QED) is 0.565. The number of thiazole rings is 1. The third kappa shape index (κ3) is 2.96. The molecule has 0 saturated heterocycles. The topological polar surface area (TPSA) is 105 Å². The number of fused-ring (bicyclic) bond motifs is 1. The summed E-state index contributed by atoms with van der Waals surface area (Å²) in [6.45, 7) is 0.196. The normalized spacial score (nSPS) is 11.0. The first-order valence-corrected chi connectivity index (χ1v) is 8.87. The molecule has 0 atom stereocenters. The molecule has 0 saturated carbocycles. The average molecular weight is 379 g/mol. The Balaban J connectivity index is 2.06. The van der Waals surface area contributed by atoms with Crippen LogP contribution in [-0.4, -0.2) is 30.7 Å². The molecular weight excluding hydrogens is 366 g/mol. The fraction of sp³-hybridized carbons (Fsp3) is 0.0526. The molecule has 0 unspecified atom stereocenters. The van der Waals surface area contributed by atoms with Crippen LogP contribution in [-0.2, 0) is 6.54 Å². The van der Waals surface area contributed by atoms with E-state index in [9.17, 15) is 19.8 Å². The molecule has 7 nitrogen and oxygen atoms in total. The maximum Gasteiger partial charge on any atom is 0.358 e. The lowest BCUT2D eigenvalue weighted by Crippen LogP contribution is -2.23. The number of hydrogen-bond acceptors (Lipinski definition) is 6. The fourth-order valence-corrected chi connectivity index (χ4v) is 3.53. The number of aromatic carboxylic acids is 1. The number of rotatable bonds is 4. The van der Waals surface area contributed by atoms with E-state index in [4.69, 9.17) is 0 Å². The molecule has 3 heterocycles. The van der Waals surface area contributed by atoms with Gasteiger partial charge in [-0.15, -0.1) is 11.3 Å². The maximum atomic E-state index is 13.2. The Morgan fingerprint density at radius 2 is 1.96 bits per heavy atom. The highest BCUT2D eigenvalue weighted by Gasteiger charge is 2.20. The Morgan fingerprint density at radius 3 is 2.63 bits per heavy atom. The summed E-state index contributed by atoms with van der Waals surface area (Å²) in [4.78, 5) is 32.5. The lowest BCUT2D eigenvalue weighted by molar-refractivity contribution is 0.0687. The summed E-state index contributed by atoms with van der Waals surface area (Å²) in [5.41, 5.74) is 0.648. The Labute approximate surface area is 156 Å². The van der Waals surface area contributed by atoms with Gasteiger partial charge in [0.2, 0.25) is 0 Å². The van der Waals surface area contributed by atoms with Crippen molar-refractivity contribution in [3.63, 3.8) is 0 Å². The lowest BCUT2D eigenvalue weighted by Gasteiger charge is -2.13. The Hall–Kier alpha value is -3.52. The van der Waals surface area contributed by atoms with Crippen LogP contribution in [0.25, 0.3) is 22.0 Å². The van der Waals surface area contributed by atoms with Gasteiger partial charge in [0, 0.05) is 22.5 Å². The van der Waals surface area contributed by atoms with Crippen LogP contribution in [0.1, 0.15) is 15.5 Å². The zero-order valence-electron chi connectivity index (χ0n) is 13.9. The molecule has 1 aromatic carbocycles. The number of pyridine rings is 2. The van der Waals surface area contributed by atoms with Crippen molar-refractivity contribution in [3.8, 4) is 16.9 Å². The first-order chi connectivity index (χ1) is 13.1. The van der Waals surface area contributed by atoms with Crippen LogP contribution in [0, 0.1) is 0 Å². The van der Waals surface area contributed by atoms with Crippen molar-refractivity contribution >= 4 is 28.2 Å². The van der Waals surface area contributed by atoms with Crippen molar-refractivity contribution < 1.29 is 15.0 Å². The summed E-state index contributed by atoms with van der Waals surface area (Å²) >= 11 is 1.40. The number of carboxylic acid groups (broad SMARTS) is 1. The van der Waals surface area contributed by atoms with E-state index in [0.717, 1.165) is 0 Å². The van der Waals surface area contributed by atoms with Gasteiger partial charge in [0.1, 0.15) is 5.01 Å². The van der Waals surface area contributed by atoms with E-state index in [2.05, 4.69) is 9.97 Å². The molecular formula is C19H13N3O4S. The molecule has 0 radical (unpaired) electrons. The molecule has 4 aromatic rings. The fourth-order valence-electron chi connectivity index (χ4n) is 2.93. The zero-order valence-corrected chi connectivity index (χ0v) is 14.7. The van der Waals surface area contributed by atoms with Crippen molar-refractivity contribution in [2.75, 3.05) is 0 Å². The second-order valence-corrected chi connectivity index (χ2v) is 6.78. The lowest BCUT2D eigenvalue weighted by atomic mass is 10.0. The van der Waals surface area contributed by atoms with E-state index in [1.54, 1.807) is 30.5 Å². The van der Waals surface area contributed by atoms with Crippen LogP contribution in [0.3, 0.4) is 0 Å². The van der Waals surface area contributed by atoms with Crippen molar-refractivity contribution in [2.24, 2.45) is 0 Å². The van der Waals surface area contributed by atoms with Crippen LogP contribution in [0.4, 0.5) is 0 Å². The summed E-state index contributed by atoms with van der Waals surface area (Å²) in [5.74, 6) is -1.81. The van der Waals surface area contributed by atoms with Gasteiger partial charge >= 0.3 is 5.97 Å². The summed E-state index contributed by atoms with van der Waals surface area (Å²) in [6, 6.07) is 10.5. The number of hydrogen-bond donors (Lipinski definition) is 2. The van der Waals surface area contributed by atoms with Gasteiger partial charge in [0.05, 0.1) is 18.3 Å². The first kappa shape index (κ1) is 16.9. The molecule has 0 aliphatic heterocycles. The minimum Gasteiger partial charge on any atom is -0.505 e. The number of benzene rings is 1. The molecule has 0 bridgehead atoms. The second kappa shape index (κ2) is 6.65. The van der Waals surface area contributed by atoms with E-state index in [-0.39, 0.29) is 17.5 Å². The number of nitrogens with zero attached hydrogens (tertiary/aromatic N) is 3. The Bertz CT molecular complexity index is 1200. The molecule has 0 amide bonds. The van der Waals surface area contributed by atoms with Gasteiger partial charge in [-0.05, 0) is 11.6 Å². The van der Waals surface area contributed by atoms with Crippen LogP contribution in [0.5, 0.6) is 5.75 Å². The van der Waals surface area contributed by atoms with Gasteiger partial charge in [-0.1, -0.05) is 30.3 Å². The van der Waals surface area contributed by atoms with E-state index < -0.39 is 17.4 Å². The summed E-state index contributed by atoms with van der Waals surface area (Å²) in [5, 5.41) is 22.5.